The summed E-state index contributed by atoms with van der Waals surface area (Å²) in [5, 5.41) is 48.6. The Bertz CT molecular complexity index is 837. The molecule has 156 valence electrons. The van der Waals surface area contributed by atoms with Crippen LogP contribution in [-0.4, -0.2) is 69.5 Å². The molecule has 4 rings (SSSR count). The van der Waals surface area contributed by atoms with E-state index in [0.29, 0.717) is 18.1 Å². The maximum absolute atomic E-state index is 10.1. The number of benzene rings is 2. The Kier molecular flexibility index (Phi) is 5.62. The highest BCUT2D eigenvalue weighted by Gasteiger charge is 2.44. The van der Waals surface area contributed by atoms with Gasteiger partial charge in [-0.05, 0) is 35.7 Å². The van der Waals surface area contributed by atoms with Crippen molar-refractivity contribution >= 4 is 0 Å². The Balaban J connectivity index is 1.42. The Morgan fingerprint density at radius 1 is 0.966 bits per heavy atom. The smallest absolute Gasteiger partial charge is 0.229 e. The molecule has 1 saturated heterocycles. The largest absolute Gasteiger partial charge is 0.508 e. The number of aliphatic hydroxyl groups is 4. The third-order valence-corrected chi connectivity index (χ3v) is 5.41. The first-order valence-electron chi connectivity index (χ1n) is 9.48. The fraction of sp³-hybridized carbons (Fsp3) is 0.429. The van der Waals surface area contributed by atoms with Crippen LogP contribution in [0.2, 0.25) is 0 Å². The van der Waals surface area contributed by atoms with E-state index >= 15 is 0 Å². The monoisotopic (exact) mass is 404 g/mol. The molecule has 5 N–H and O–H groups in total. The van der Waals surface area contributed by atoms with Crippen molar-refractivity contribution in [1.29, 1.82) is 0 Å². The molecule has 29 heavy (non-hydrogen) atoms. The van der Waals surface area contributed by atoms with Gasteiger partial charge in [-0.25, -0.2) is 0 Å². The van der Waals surface area contributed by atoms with Crippen molar-refractivity contribution in [3.8, 4) is 17.2 Å². The highest BCUT2D eigenvalue weighted by molar-refractivity contribution is 5.43. The van der Waals surface area contributed by atoms with Crippen LogP contribution in [0.5, 0.6) is 17.2 Å². The molecule has 2 aliphatic heterocycles. The SMILES string of the molecule is OCC1O[C@H](Oc2ccc([C@H]3COc4cc(O)ccc4C3)cc2)[C@@H](O)C(O)[C@@H]1O. The number of ether oxygens (including phenoxy) is 3. The summed E-state index contributed by atoms with van der Waals surface area (Å²) in [5.74, 6) is 1.44. The summed E-state index contributed by atoms with van der Waals surface area (Å²) >= 11 is 0. The van der Waals surface area contributed by atoms with Gasteiger partial charge in [0.05, 0.1) is 13.2 Å². The van der Waals surface area contributed by atoms with Gasteiger partial charge in [-0.3, -0.25) is 0 Å². The molecule has 8 nitrogen and oxygen atoms in total. The molecule has 0 spiro atoms. The summed E-state index contributed by atoms with van der Waals surface area (Å²) in [6.07, 6.45) is -5.81. The summed E-state index contributed by atoms with van der Waals surface area (Å²) in [6.45, 7) is -0.0198. The molecule has 2 aliphatic rings. The van der Waals surface area contributed by atoms with Crippen LogP contribution in [0.15, 0.2) is 42.5 Å². The number of aliphatic hydroxyl groups excluding tert-OH is 4. The van der Waals surface area contributed by atoms with Crippen molar-refractivity contribution in [2.45, 2.75) is 43.0 Å². The molecule has 2 aromatic rings. The predicted molar refractivity (Wildman–Crippen MR) is 101 cm³/mol. The van der Waals surface area contributed by atoms with Crippen LogP contribution in [0.25, 0.3) is 0 Å². The van der Waals surface area contributed by atoms with Gasteiger partial charge in [0.2, 0.25) is 6.29 Å². The topological polar surface area (TPSA) is 129 Å². The van der Waals surface area contributed by atoms with Gasteiger partial charge in [-0.15, -0.1) is 0 Å². The molecule has 8 heteroatoms. The van der Waals surface area contributed by atoms with Crippen molar-refractivity contribution in [2.24, 2.45) is 0 Å². The first-order chi connectivity index (χ1) is 14.0. The van der Waals surface area contributed by atoms with E-state index in [0.717, 1.165) is 17.5 Å². The van der Waals surface area contributed by atoms with Crippen LogP contribution in [0, 0.1) is 0 Å². The molecular formula is C21H24O8. The molecule has 2 aromatic carbocycles. The summed E-state index contributed by atoms with van der Waals surface area (Å²) in [5.41, 5.74) is 2.07. The fourth-order valence-corrected chi connectivity index (χ4v) is 3.69. The van der Waals surface area contributed by atoms with Crippen LogP contribution < -0.4 is 9.47 Å². The molecule has 0 amide bonds. The number of phenols is 1. The molecule has 0 aromatic heterocycles. The number of hydrogen-bond donors (Lipinski definition) is 5. The van der Waals surface area contributed by atoms with E-state index in [1.165, 1.54) is 0 Å². The second-order valence-electron chi connectivity index (χ2n) is 7.39. The summed E-state index contributed by atoms with van der Waals surface area (Å²) in [6, 6.07) is 12.3. The number of phenolic OH excluding ortho intramolecular Hbond substituents is 1. The third-order valence-electron chi connectivity index (χ3n) is 5.41. The van der Waals surface area contributed by atoms with Crippen LogP contribution in [0.1, 0.15) is 17.0 Å². The van der Waals surface area contributed by atoms with Gasteiger partial charge in [0.1, 0.15) is 41.7 Å². The Morgan fingerprint density at radius 2 is 1.72 bits per heavy atom. The van der Waals surface area contributed by atoms with Gasteiger partial charge in [0, 0.05) is 12.0 Å². The van der Waals surface area contributed by atoms with Crippen molar-refractivity contribution < 1.29 is 39.7 Å². The average molecular weight is 404 g/mol. The maximum Gasteiger partial charge on any atom is 0.229 e. The summed E-state index contributed by atoms with van der Waals surface area (Å²) < 4.78 is 16.7. The van der Waals surface area contributed by atoms with E-state index in [-0.39, 0.29) is 11.7 Å². The molecular weight excluding hydrogens is 380 g/mol. The second-order valence-corrected chi connectivity index (χ2v) is 7.39. The zero-order chi connectivity index (χ0) is 20.5. The quantitative estimate of drug-likeness (QED) is 0.492. The molecule has 1 fully saturated rings. The van der Waals surface area contributed by atoms with Crippen molar-refractivity contribution in [3.05, 3.63) is 53.6 Å². The fourth-order valence-electron chi connectivity index (χ4n) is 3.69. The predicted octanol–water partition coefficient (Wildman–Crippen LogP) is 0.290. The summed E-state index contributed by atoms with van der Waals surface area (Å²) in [7, 11) is 0. The number of rotatable bonds is 4. The van der Waals surface area contributed by atoms with Crippen molar-refractivity contribution in [3.63, 3.8) is 0 Å². The molecule has 0 saturated carbocycles. The number of hydrogen-bond acceptors (Lipinski definition) is 8. The Morgan fingerprint density at radius 3 is 2.45 bits per heavy atom. The normalized spacial score (nSPS) is 31.6. The highest BCUT2D eigenvalue weighted by Crippen LogP contribution is 2.35. The lowest BCUT2D eigenvalue weighted by molar-refractivity contribution is -0.277. The Hall–Kier alpha value is -2.36. The van der Waals surface area contributed by atoms with Gasteiger partial charge in [0.15, 0.2) is 0 Å². The Labute approximate surface area is 167 Å². The van der Waals surface area contributed by atoms with Gasteiger partial charge in [-0.2, -0.15) is 0 Å². The van der Waals surface area contributed by atoms with Gasteiger partial charge < -0.3 is 39.7 Å². The van der Waals surface area contributed by atoms with E-state index in [1.807, 2.05) is 18.2 Å². The maximum atomic E-state index is 10.1. The second kappa shape index (κ2) is 8.17. The minimum Gasteiger partial charge on any atom is -0.508 e. The van der Waals surface area contributed by atoms with Crippen LogP contribution >= 0.6 is 0 Å². The average Bonchev–Trinajstić information content (AvgIpc) is 2.74. The van der Waals surface area contributed by atoms with Gasteiger partial charge in [-0.1, -0.05) is 18.2 Å². The van der Waals surface area contributed by atoms with E-state index in [4.69, 9.17) is 14.2 Å². The molecule has 2 unspecified atom stereocenters. The minimum absolute atomic E-state index is 0.147. The van der Waals surface area contributed by atoms with E-state index < -0.39 is 37.3 Å². The first-order valence-corrected chi connectivity index (χ1v) is 9.48. The van der Waals surface area contributed by atoms with Crippen LogP contribution in [0.3, 0.4) is 0 Å². The first kappa shape index (κ1) is 19.9. The van der Waals surface area contributed by atoms with Crippen molar-refractivity contribution in [2.75, 3.05) is 13.2 Å². The molecule has 6 atom stereocenters. The molecule has 0 radical (unpaired) electrons. The van der Waals surface area contributed by atoms with Crippen molar-refractivity contribution in [1.82, 2.24) is 0 Å². The standard InChI is InChI=1S/C21H24O8/c22-9-17-18(24)19(25)20(26)21(29-17)28-15-5-2-11(3-6-15)13-7-12-1-4-14(23)8-16(12)27-10-13/h1-6,8,13,17-26H,7,9-10H2/t13-,17?,18-,19?,20+,21+/m1/s1. The lowest BCUT2D eigenvalue weighted by Crippen LogP contribution is -2.60. The summed E-state index contributed by atoms with van der Waals surface area (Å²) in [4.78, 5) is 0. The number of aromatic hydroxyl groups is 1. The van der Waals surface area contributed by atoms with Crippen LogP contribution in [-0.2, 0) is 11.2 Å². The van der Waals surface area contributed by atoms with E-state index in [1.54, 1.807) is 24.3 Å². The van der Waals surface area contributed by atoms with E-state index in [9.17, 15) is 25.5 Å². The zero-order valence-electron chi connectivity index (χ0n) is 15.6. The number of fused-ring (bicyclic) bond motifs is 1. The highest BCUT2D eigenvalue weighted by atomic mass is 16.7. The zero-order valence-corrected chi connectivity index (χ0v) is 15.6. The van der Waals surface area contributed by atoms with Gasteiger partial charge in [0.25, 0.3) is 0 Å². The lowest BCUT2D eigenvalue weighted by atomic mass is 9.90. The third kappa shape index (κ3) is 4.03. The van der Waals surface area contributed by atoms with Crippen LogP contribution in [0.4, 0.5) is 0 Å². The van der Waals surface area contributed by atoms with Gasteiger partial charge >= 0.3 is 0 Å². The molecule has 0 bridgehead atoms. The molecule has 0 aliphatic carbocycles. The lowest BCUT2D eigenvalue weighted by Gasteiger charge is -2.39. The minimum atomic E-state index is -1.48. The van der Waals surface area contributed by atoms with E-state index in [2.05, 4.69) is 0 Å². The molecule has 2 heterocycles.